The zero-order valence-electron chi connectivity index (χ0n) is 14.0. The number of rotatable bonds is 2. The van der Waals surface area contributed by atoms with Gasteiger partial charge in [-0.3, -0.25) is 9.59 Å². The molecule has 2 aromatic rings. The van der Waals surface area contributed by atoms with Gasteiger partial charge in [-0.05, 0) is 31.4 Å². The van der Waals surface area contributed by atoms with Gasteiger partial charge in [0, 0.05) is 16.7 Å². The Labute approximate surface area is 146 Å². The van der Waals surface area contributed by atoms with Crippen LogP contribution in [0.5, 0.6) is 0 Å². The molecule has 1 heterocycles. The summed E-state index contributed by atoms with van der Waals surface area (Å²) in [7, 11) is 0. The van der Waals surface area contributed by atoms with Crippen LogP contribution in [0.25, 0.3) is 6.08 Å². The van der Waals surface area contributed by atoms with Crippen LogP contribution >= 0.6 is 0 Å². The van der Waals surface area contributed by atoms with Crippen molar-refractivity contribution in [1.29, 1.82) is 0 Å². The molecule has 0 fully saturated rings. The number of benzene rings is 2. The number of carbonyl (C=O) groups is 2. The van der Waals surface area contributed by atoms with Crippen LogP contribution in [-0.4, -0.2) is 17.2 Å². The average Bonchev–Trinajstić information content (AvgIpc) is 2.65. The molecule has 1 atom stereocenters. The van der Waals surface area contributed by atoms with Crippen LogP contribution in [0.3, 0.4) is 0 Å². The van der Waals surface area contributed by atoms with Gasteiger partial charge < -0.3 is 4.74 Å². The molecule has 0 bridgehead atoms. The highest BCUT2D eigenvalue weighted by molar-refractivity contribution is 6.26. The fourth-order valence-electron chi connectivity index (χ4n) is 3.35. The molecular formula is C22H18O3. The second-order valence-corrected chi connectivity index (χ2v) is 6.67. The van der Waals surface area contributed by atoms with Crippen LogP contribution in [0.2, 0.25) is 0 Å². The quantitative estimate of drug-likeness (QED) is 0.808. The summed E-state index contributed by atoms with van der Waals surface area (Å²) in [6, 6.07) is 16.9. The van der Waals surface area contributed by atoms with Gasteiger partial charge in [-0.25, -0.2) is 0 Å². The number of ether oxygens (including phenoxy) is 1. The Hall–Kier alpha value is -2.94. The molecule has 0 radical (unpaired) electrons. The van der Waals surface area contributed by atoms with Crippen molar-refractivity contribution < 1.29 is 14.3 Å². The Bertz CT molecular complexity index is 921. The third-order valence-electron chi connectivity index (χ3n) is 4.81. The van der Waals surface area contributed by atoms with E-state index in [0.717, 1.165) is 5.56 Å². The summed E-state index contributed by atoms with van der Waals surface area (Å²) in [5.41, 5.74) is 1.90. The van der Waals surface area contributed by atoms with E-state index >= 15 is 0 Å². The molecule has 2 aliphatic rings. The summed E-state index contributed by atoms with van der Waals surface area (Å²) in [5.74, 6) is -0.0568. The Kier molecular flexibility index (Phi) is 3.65. The Morgan fingerprint density at radius 2 is 1.56 bits per heavy atom. The first-order valence-corrected chi connectivity index (χ1v) is 8.42. The van der Waals surface area contributed by atoms with Crippen molar-refractivity contribution in [3.05, 3.63) is 88.7 Å². The van der Waals surface area contributed by atoms with Crippen LogP contribution in [-0.2, 0) is 4.74 Å². The number of allylic oxidation sites excluding steroid dienone is 2. The Morgan fingerprint density at radius 1 is 0.920 bits per heavy atom. The first-order chi connectivity index (χ1) is 12.1. The smallest absolute Gasteiger partial charge is 0.228 e. The van der Waals surface area contributed by atoms with Gasteiger partial charge in [0.2, 0.25) is 5.78 Å². The molecule has 2 aromatic carbocycles. The molecule has 3 heteroatoms. The van der Waals surface area contributed by atoms with E-state index in [9.17, 15) is 9.59 Å². The lowest BCUT2D eigenvalue weighted by molar-refractivity contribution is 0.0310. The fourth-order valence-corrected chi connectivity index (χ4v) is 3.35. The maximum absolute atomic E-state index is 12.8. The SMILES string of the molecule is CC1(/C=C/c2ccccc2)CCC2=C(O1)C(=O)c1ccccc1C2=O. The predicted octanol–water partition coefficient (Wildman–Crippen LogP) is 4.60. The third-order valence-corrected chi connectivity index (χ3v) is 4.81. The van der Waals surface area contributed by atoms with Crippen molar-refractivity contribution in [1.82, 2.24) is 0 Å². The number of hydrogen-bond acceptors (Lipinski definition) is 3. The highest BCUT2D eigenvalue weighted by Gasteiger charge is 2.40. The molecule has 0 saturated heterocycles. The topological polar surface area (TPSA) is 43.4 Å². The maximum atomic E-state index is 12.8. The standard InChI is InChI=1S/C22H18O3/c1-22(13-11-15-7-3-2-4-8-15)14-12-18-19(23)16-9-5-6-10-17(16)20(24)21(18)25-22/h2-11,13H,12,14H2,1H3/b13-11+. The van der Waals surface area contributed by atoms with Crippen LogP contribution in [0.4, 0.5) is 0 Å². The minimum absolute atomic E-state index is 0.0840. The van der Waals surface area contributed by atoms with Gasteiger partial charge in [-0.2, -0.15) is 0 Å². The van der Waals surface area contributed by atoms with Crippen molar-refractivity contribution in [3.8, 4) is 0 Å². The lowest BCUT2D eigenvalue weighted by Crippen LogP contribution is -2.36. The van der Waals surface area contributed by atoms with Crippen LogP contribution in [0.1, 0.15) is 46.0 Å². The Balaban J connectivity index is 1.66. The molecule has 0 spiro atoms. The summed E-state index contributed by atoms with van der Waals surface area (Å²) >= 11 is 0. The zero-order valence-corrected chi connectivity index (χ0v) is 14.0. The first-order valence-electron chi connectivity index (χ1n) is 8.42. The van der Waals surface area contributed by atoms with Crippen molar-refractivity contribution in [2.75, 3.05) is 0 Å². The number of ketones is 2. The van der Waals surface area contributed by atoms with Crippen LogP contribution < -0.4 is 0 Å². The number of carbonyl (C=O) groups excluding carboxylic acids is 2. The second-order valence-electron chi connectivity index (χ2n) is 6.67. The summed E-state index contributed by atoms with van der Waals surface area (Å²) in [6.45, 7) is 1.95. The molecule has 1 aliphatic carbocycles. The van der Waals surface area contributed by atoms with Gasteiger partial charge in [0.05, 0.1) is 0 Å². The van der Waals surface area contributed by atoms with Gasteiger partial charge in [-0.1, -0.05) is 60.7 Å². The van der Waals surface area contributed by atoms with E-state index in [1.807, 2.05) is 49.4 Å². The normalized spacial score (nSPS) is 22.6. The minimum atomic E-state index is -0.600. The molecule has 124 valence electrons. The second kappa shape index (κ2) is 5.85. The van der Waals surface area contributed by atoms with Gasteiger partial charge in [0.1, 0.15) is 5.60 Å². The van der Waals surface area contributed by atoms with Crippen molar-refractivity contribution in [3.63, 3.8) is 0 Å². The predicted molar refractivity (Wildman–Crippen MR) is 96.3 cm³/mol. The first kappa shape index (κ1) is 15.6. The van der Waals surface area contributed by atoms with E-state index in [2.05, 4.69) is 0 Å². The van der Waals surface area contributed by atoms with Gasteiger partial charge in [0.15, 0.2) is 11.5 Å². The van der Waals surface area contributed by atoms with Crippen molar-refractivity contribution >= 4 is 17.6 Å². The summed E-state index contributed by atoms with van der Waals surface area (Å²) in [5, 5.41) is 0. The van der Waals surface area contributed by atoms with E-state index in [4.69, 9.17) is 4.74 Å². The lowest BCUT2D eigenvalue weighted by atomic mass is 9.81. The summed E-state index contributed by atoms with van der Waals surface area (Å²) in [6.07, 6.45) is 5.18. The van der Waals surface area contributed by atoms with Crippen LogP contribution in [0, 0.1) is 0 Å². The van der Waals surface area contributed by atoms with Crippen molar-refractivity contribution in [2.24, 2.45) is 0 Å². The monoisotopic (exact) mass is 330 g/mol. The molecule has 0 saturated carbocycles. The highest BCUT2D eigenvalue weighted by atomic mass is 16.5. The van der Waals surface area contributed by atoms with Crippen molar-refractivity contribution in [2.45, 2.75) is 25.4 Å². The molecular weight excluding hydrogens is 312 g/mol. The number of hydrogen-bond donors (Lipinski definition) is 0. The van der Waals surface area contributed by atoms with Gasteiger partial charge >= 0.3 is 0 Å². The summed E-state index contributed by atoms with van der Waals surface area (Å²) < 4.78 is 6.06. The van der Waals surface area contributed by atoms with Gasteiger partial charge in [0.25, 0.3) is 0 Å². The molecule has 0 aromatic heterocycles. The highest BCUT2D eigenvalue weighted by Crippen LogP contribution is 2.39. The molecule has 1 aliphatic heterocycles. The minimum Gasteiger partial charge on any atom is -0.479 e. The van der Waals surface area contributed by atoms with E-state index in [-0.39, 0.29) is 17.3 Å². The molecule has 4 rings (SSSR count). The lowest BCUT2D eigenvalue weighted by Gasteiger charge is -2.36. The molecule has 0 N–H and O–H groups in total. The van der Waals surface area contributed by atoms with Crippen LogP contribution in [0.15, 0.2) is 72.0 Å². The third kappa shape index (κ3) is 2.72. The Morgan fingerprint density at radius 3 is 2.28 bits per heavy atom. The summed E-state index contributed by atoms with van der Waals surface area (Å²) in [4.78, 5) is 25.5. The molecule has 25 heavy (non-hydrogen) atoms. The van der Waals surface area contributed by atoms with E-state index in [1.165, 1.54) is 0 Å². The van der Waals surface area contributed by atoms with E-state index < -0.39 is 5.60 Å². The fraction of sp³-hybridized carbons (Fsp3) is 0.182. The molecule has 1 unspecified atom stereocenters. The number of Topliss-reactive ketones (excluding diaryl/α,β-unsaturated/α-hetero) is 2. The number of fused-ring (bicyclic) bond motifs is 1. The maximum Gasteiger partial charge on any atom is 0.228 e. The largest absolute Gasteiger partial charge is 0.479 e. The average molecular weight is 330 g/mol. The molecule has 0 amide bonds. The van der Waals surface area contributed by atoms with E-state index in [0.29, 0.717) is 29.5 Å². The zero-order chi connectivity index (χ0) is 17.4. The van der Waals surface area contributed by atoms with Gasteiger partial charge in [-0.15, -0.1) is 0 Å². The molecule has 3 nitrogen and oxygen atoms in total. The van der Waals surface area contributed by atoms with E-state index in [1.54, 1.807) is 24.3 Å².